The van der Waals surface area contributed by atoms with Crippen LogP contribution >= 0.6 is 0 Å². The maximum atomic E-state index is 10.1. The van der Waals surface area contributed by atoms with Crippen LogP contribution in [0.2, 0.25) is 0 Å². The van der Waals surface area contributed by atoms with Gasteiger partial charge in [-0.15, -0.1) is 0 Å². The Morgan fingerprint density at radius 3 is 1.88 bits per heavy atom. The predicted octanol–water partition coefficient (Wildman–Crippen LogP) is 11.5. The van der Waals surface area contributed by atoms with E-state index in [4.69, 9.17) is 9.97 Å². The van der Waals surface area contributed by atoms with Gasteiger partial charge in [0.05, 0.1) is 50.8 Å². The van der Waals surface area contributed by atoms with Crippen LogP contribution in [0.4, 0.5) is 0 Å². The summed E-state index contributed by atoms with van der Waals surface area (Å²) in [6.07, 6.45) is 0. The van der Waals surface area contributed by atoms with Crippen molar-refractivity contribution in [3.8, 4) is 51.3 Å². The predicted molar refractivity (Wildman–Crippen MR) is 212 cm³/mol. The molecule has 0 amide bonds. The maximum Gasteiger partial charge on any atom is 0.160 e. The normalized spacial score (nSPS) is 11.4. The lowest BCUT2D eigenvalue weighted by Gasteiger charge is -2.16. The molecule has 0 unspecified atom stereocenters. The van der Waals surface area contributed by atoms with Crippen molar-refractivity contribution in [3.05, 3.63) is 181 Å². The SMILES string of the molecule is N#Cc1ccc2c(c1)c1c(ccc3c4ccccc4n(-c4ccccc4-c4cc(-c5ccccc5)nc(-c5ccccc5)n4)c31)n2-c1ccccc1. The number of hydrogen-bond donors (Lipinski definition) is 0. The molecule has 7 aromatic carbocycles. The van der Waals surface area contributed by atoms with E-state index in [0.717, 1.165) is 83.1 Å². The molecule has 0 aliphatic rings. The molecule has 3 heterocycles. The van der Waals surface area contributed by atoms with Gasteiger partial charge in [-0.2, -0.15) is 5.26 Å². The largest absolute Gasteiger partial charge is 0.309 e. The molecule has 0 saturated heterocycles. The highest BCUT2D eigenvalue weighted by molar-refractivity contribution is 6.26. The molecule has 5 heteroatoms. The summed E-state index contributed by atoms with van der Waals surface area (Å²) >= 11 is 0. The minimum Gasteiger partial charge on any atom is -0.309 e. The van der Waals surface area contributed by atoms with Crippen LogP contribution in [0.1, 0.15) is 5.56 Å². The van der Waals surface area contributed by atoms with Crippen LogP contribution in [-0.2, 0) is 0 Å². The highest BCUT2D eigenvalue weighted by Crippen LogP contribution is 2.43. The first-order chi connectivity index (χ1) is 25.8. The van der Waals surface area contributed by atoms with E-state index in [1.807, 2.05) is 54.6 Å². The fraction of sp³-hybridized carbons (Fsp3) is 0. The Morgan fingerprint density at radius 1 is 0.462 bits per heavy atom. The summed E-state index contributed by atoms with van der Waals surface area (Å²) in [4.78, 5) is 10.3. The average molecular weight is 664 g/mol. The molecule has 0 saturated carbocycles. The van der Waals surface area contributed by atoms with Gasteiger partial charge >= 0.3 is 0 Å². The second kappa shape index (κ2) is 11.9. The zero-order chi connectivity index (χ0) is 34.6. The Hall–Kier alpha value is -7.29. The molecule has 0 bridgehead atoms. The lowest BCUT2D eigenvalue weighted by atomic mass is 10.0. The molecule has 242 valence electrons. The zero-order valence-electron chi connectivity index (χ0n) is 28.0. The third-order valence-corrected chi connectivity index (χ3v) is 9.95. The van der Waals surface area contributed by atoms with Gasteiger partial charge in [0.1, 0.15) is 0 Å². The molecule has 10 rings (SSSR count). The second-order valence-electron chi connectivity index (χ2n) is 12.9. The first kappa shape index (κ1) is 29.6. The van der Waals surface area contributed by atoms with E-state index in [-0.39, 0.29) is 0 Å². The first-order valence-electron chi connectivity index (χ1n) is 17.3. The lowest BCUT2D eigenvalue weighted by Crippen LogP contribution is -2.01. The van der Waals surface area contributed by atoms with Gasteiger partial charge in [0.25, 0.3) is 0 Å². The summed E-state index contributed by atoms with van der Waals surface area (Å²) in [5.74, 6) is 0.673. The van der Waals surface area contributed by atoms with Crippen molar-refractivity contribution in [2.24, 2.45) is 0 Å². The van der Waals surface area contributed by atoms with Crippen molar-refractivity contribution in [1.29, 1.82) is 5.26 Å². The minimum absolute atomic E-state index is 0.627. The van der Waals surface area contributed by atoms with Crippen molar-refractivity contribution in [1.82, 2.24) is 19.1 Å². The van der Waals surface area contributed by atoms with Gasteiger partial charge in [0.15, 0.2) is 5.82 Å². The second-order valence-corrected chi connectivity index (χ2v) is 12.9. The molecule has 10 aromatic rings. The number of fused-ring (bicyclic) bond motifs is 7. The maximum absolute atomic E-state index is 10.1. The number of para-hydroxylation sites is 3. The number of hydrogen-bond acceptors (Lipinski definition) is 3. The van der Waals surface area contributed by atoms with Crippen LogP contribution in [-0.4, -0.2) is 19.1 Å². The number of aromatic nitrogens is 4. The van der Waals surface area contributed by atoms with Crippen LogP contribution in [0, 0.1) is 11.3 Å². The molecule has 0 fully saturated rings. The van der Waals surface area contributed by atoms with E-state index < -0.39 is 0 Å². The van der Waals surface area contributed by atoms with Gasteiger partial charge in [0, 0.05) is 43.9 Å². The van der Waals surface area contributed by atoms with E-state index in [0.29, 0.717) is 11.4 Å². The summed E-state index contributed by atoms with van der Waals surface area (Å²) in [5.41, 5.74) is 11.7. The van der Waals surface area contributed by atoms with Crippen LogP contribution in [0.25, 0.3) is 88.9 Å². The average Bonchev–Trinajstić information content (AvgIpc) is 3.74. The molecule has 52 heavy (non-hydrogen) atoms. The van der Waals surface area contributed by atoms with Crippen molar-refractivity contribution in [2.45, 2.75) is 0 Å². The van der Waals surface area contributed by atoms with Gasteiger partial charge in [0.2, 0.25) is 0 Å². The van der Waals surface area contributed by atoms with Gasteiger partial charge in [-0.25, -0.2) is 9.97 Å². The molecular weight excluding hydrogens is 635 g/mol. The standard InChI is InChI=1S/C47H29N5/c48-30-31-24-26-43-38(28-31)45-44(51(43)34-18-8-3-9-19-34)27-25-36-35-20-10-12-22-41(35)52(46(36)45)42-23-13-11-21-37(42)40-29-39(32-14-4-1-5-15-32)49-47(50-40)33-16-6-2-7-17-33/h1-29H. The number of rotatable bonds is 5. The van der Waals surface area contributed by atoms with Crippen molar-refractivity contribution >= 4 is 43.6 Å². The third-order valence-electron chi connectivity index (χ3n) is 9.95. The van der Waals surface area contributed by atoms with Crippen LogP contribution in [0.5, 0.6) is 0 Å². The summed E-state index contributed by atoms with van der Waals surface area (Å²) < 4.78 is 4.70. The summed E-state index contributed by atoms with van der Waals surface area (Å²) in [7, 11) is 0. The Labute approximate surface area is 299 Å². The summed E-state index contributed by atoms with van der Waals surface area (Å²) in [6, 6.07) is 63.0. The van der Waals surface area contributed by atoms with E-state index in [9.17, 15) is 5.26 Å². The van der Waals surface area contributed by atoms with Crippen molar-refractivity contribution in [2.75, 3.05) is 0 Å². The Morgan fingerprint density at radius 2 is 1.10 bits per heavy atom. The Kier molecular flexibility index (Phi) is 6.80. The van der Waals surface area contributed by atoms with Gasteiger partial charge in [-0.3, -0.25) is 0 Å². The molecule has 0 spiro atoms. The molecular formula is C47H29N5. The fourth-order valence-electron chi connectivity index (χ4n) is 7.68. The van der Waals surface area contributed by atoms with Crippen LogP contribution in [0.15, 0.2) is 176 Å². The summed E-state index contributed by atoms with van der Waals surface area (Å²) in [5, 5.41) is 14.5. The Balaban J connectivity index is 1.33. The van der Waals surface area contributed by atoms with Crippen molar-refractivity contribution in [3.63, 3.8) is 0 Å². The van der Waals surface area contributed by atoms with Gasteiger partial charge < -0.3 is 9.13 Å². The number of nitrogens with zero attached hydrogens (tertiary/aromatic N) is 5. The van der Waals surface area contributed by atoms with Gasteiger partial charge in [-0.05, 0) is 54.6 Å². The van der Waals surface area contributed by atoms with Crippen LogP contribution < -0.4 is 0 Å². The zero-order valence-corrected chi connectivity index (χ0v) is 28.0. The fourth-order valence-corrected chi connectivity index (χ4v) is 7.68. The number of nitriles is 1. The minimum atomic E-state index is 0.627. The van der Waals surface area contributed by atoms with Crippen molar-refractivity contribution < 1.29 is 0 Å². The van der Waals surface area contributed by atoms with E-state index in [1.165, 1.54) is 0 Å². The molecule has 0 aliphatic heterocycles. The monoisotopic (exact) mass is 663 g/mol. The third kappa shape index (κ3) is 4.63. The first-order valence-corrected chi connectivity index (χ1v) is 17.3. The number of benzene rings is 7. The smallest absolute Gasteiger partial charge is 0.160 e. The van der Waals surface area contributed by atoms with E-state index in [2.05, 4.69) is 137 Å². The molecule has 0 N–H and O–H groups in total. The highest BCUT2D eigenvalue weighted by atomic mass is 15.0. The molecule has 0 radical (unpaired) electrons. The van der Waals surface area contributed by atoms with E-state index >= 15 is 0 Å². The topological polar surface area (TPSA) is 59.4 Å². The molecule has 5 nitrogen and oxygen atoms in total. The van der Waals surface area contributed by atoms with Gasteiger partial charge in [-0.1, -0.05) is 121 Å². The molecule has 3 aromatic heterocycles. The highest BCUT2D eigenvalue weighted by Gasteiger charge is 2.23. The Bertz CT molecular complexity index is 2950. The molecule has 0 atom stereocenters. The van der Waals surface area contributed by atoms with Crippen LogP contribution in [0.3, 0.4) is 0 Å². The summed E-state index contributed by atoms with van der Waals surface area (Å²) in [6.45, 7) is 0. The quantitative estimate of drug-likeness (QED) is 0.184. The molecule has 0 aliphatic carbocycles. The lowest BCUT2D eigenvalue weighted by molar-refractivity contribution is 1.15. The van der Waals surface area contributed by atoms with E-state index in [1.54, 1.807) is 0 Å².